The van der Waals surface area contributed by atoms with E-state index in [0.29, 0.717) is 9.13 Å². The molecule has 6 nitrogen and oxygen atoms in total. The van der Waals surface area contributed by atoms with E-state index in [0.717, 1.165) is 0 Å². The first-order valence-electron chi connectivity index (χ1n) is 4.22. The highest BCUT2D eigenvalue weighted by molar-refractivity contribution is 14.1. The van der Waals surface area contributed by atoms with Gasteiger partial charge in [0, 0.05) is 15.7 Å². The van der Waals surface area contributed by atoms with Gasteiger partial charge in [0.25, 0.3) is 5.69 Å². The van der Waals surface area contributed by atoms with Crippen LogP contribution in [0.4, 0.5) is 5.69 Å². The summed E-state index contributed by atoms with van der Waals surface area (Å²) >= 11 is 1.95. The van der Waals surface area contributed by atoms with Gasteiger partial charge in [-0.05, 0) is 34.2 Å². The Bertz CT molecular complexity index is 420. The van der Waals surface area contributed by atoms with Gasteiger partial charge in [-0.1, -0.05) is 0 Å². The number of halogens is 1. The molecule has 1 aromatic rings. The van der Waals surface area contributed by atoms with E-state index < -0.39 is 17.5 Å². The van der Waals surface area contributed by atoms with Gasteiger partial charge < -0.3 is 9.84 Å². The van der Waals surface area contributed by atoms with Gasteiger partial charge in [-0.2, -0.15) is 0 Å². The average molecular weight is 337 g/mol. The fourth-order valence-corrected chi connectivity index (χ4v) is 1.80. The van der Waals surface area contributed by atoms with Gasteiger partial charge in [-0.15, -0.1) is 0 Å². The molecule has 7 heteroatoms. The quantitative estimate of drug-likeness (QED) is 0.503. The molecule has 0 aliphatic carbocycles. The molecule has 0 unspecified atom stereocenters. The number of hydrogen-bond donors (Lipinski definition) is 1. The van der Waals surface area contributed by atoms with Crippen LogP contribution in [0, 0.1) is 13.7 Å². The molecule has 0 radical (unpaired) electrons. The Morgan fingerprint density at radius 1 is 1.50 bits per heavy atom. The minimum Gasteiger partial charge on any atom is -0.480 e. The van der Waals surface area contributed by atoms with E-state index in [-0.39, 0.29) is 12.3 Å². The predicted octanol–water partition coefficient (Wildman–Crippen LogP) is 1.80. The van der Waals surface area contributed by atoms with Crippen LogP contribution in [0.25, 0.3) is 0 Å². The van der Waals surface area contributed by atoms with E-state index in [1.165, 1.54) is 12.1 Å². The molecule has 0 saturated heterocycles. The molecule has 0 heterocycles. The molecule has 0 aliphatic rings. The number of nitrogens with zero attached hydrogens (tertiary/aromatic N) is 1. The van der Waals surface area contributed by atoms with Crippen molar-refractivity contribution in [2.45, 2.75) is 6.61 Å². The first-order chi connectivity index (χ1) is 7.49. The summed E-state index contributed by atoms with van der Waals surface area (Å²) in [7, 11) is 0. The molecule has 86 valence electrons. The summed E-state index contributed by atoms with van der Waals surface area (Å²) in [6.45, 7) is -0.372. The number of non-ortho nitro benzene ring substituents is 1. The standard InChI is InChI=1S/C9H8INO5/c10-7-1-6(4-16-5-9(12)13)2-8(3-7)11(14)15/h1-3H,4-5H2,(H,12,13). The second-order valence-electron chi connectivity index (χ2n) is 2.96. The molecule has 0 bridgehead atoms. The third kappa shape index (κ3) is 4.11. The number of aliphatic carboxylic acids is 1. The molecule has 0 atom stereocenters. The first-order valence-corrected chi connectivity index (χ1v) is 5.30. The number of ether oxygens (including phenoxy) is 1. The van der Waals surface area contributed by atoms with Crippen molar-refractivity contribution in [2.75, 3.05) is 6.61 Å². The van der Waals surface area contributed by atoms with E-state index in [9.17, 15) is 14.9 Å². The van der Waals surface area contributed by atoms with Crippen LogP contribution in [0.3, 0.4) is 0 Å². The van der Waals surface area contributed by atoms with Crippen LogP contribution < -0.4 is 0 Å². The maximum absolute atomic E-state index is 10.6. The smallest absolute Gasteiger partial charge is 0.329 e. The Morgan fingerprint density at radius 2 is 2.19 bits per heavy atom. The predicted molar refractivity (Wildman–Crippen MR) is 63.1 cm³/mol. The van der Waals surface area contributed by atoms with Crippen LogP contribution >= 0.6 is 22.6 Å². The lowest BCUT2D eigenvalue weighted by atomic mass is 10.2. The van der Waals surface area contributed by atoms with Gasteiger partial charge in [0.1, 0.15) is 6.61 Å². The fraction of sp³-hybridized carbons (Fsp3) is 0.222. The largest absolute Gasteiger partial charge is 0.480 e. The highest BCUT2D eigenvalue weighted by Gasteiger charge is 2.09. The summed E-state index contributed by atoms with van der Waals surface area (Å²) in [4.78, 5) is 20.3. The zero-order valence-electron chi connectivity index (χ0n) is 8.05. The maximum atomic E-state index is 10.6. The molecule has 0 amide bonds. The zero-order chi connectivity index (χ0) is 12.1. The second-order valence-corrected chi connectivity index (χ2v) is 4.21. The van der Waals surface area contributed by atoms with Crippen molar-refractivity contribution in [1.29, 1.82) is 0 Å². The third-order valence-electron chi connectivity index (χ3n) is 1.65. The summed E-state index contributed by atoms with van der Waals surface area (Å²) in [6, 6.07) is 4.50. The van der Waals surface area contributed by atoms with Crippen molar-refractivity contribution in [3.63, 3.8) is 0 Å². The second kappa shape index (κ2) is 5.75. The van der Waals surface area contributed by atoms with Gasteiger partial charge >= 0.3 is 5.97 Å². The Hall–Kier alpha value is -1.22. The van der Waals surface area contributed by atoms with Crippen molar-refractivity contribution in [3.05, 3.63) is 37.4 Å². The molecule has 1 aromatic carbocycles. The zero-order valence-corrected chi connectivity index (χ0v) is 10.2. The Labute approximate surface area is 105 Å². The van der Waals surface area contributed by atoms with Gasteiger partial charge in [-0.25, -0.2) is 4.79 Å². The number of nitro groups is 1. The van der Waals surface area contributed by atoms with Crippen LogP contribution in [0.1, 0.15) is 5.56 Å². The summed E-state index contributed by atoms with van der Waals surface area (Å²) < 4.78 is 5.55. The van der Waals surface area contributed by atoms with E-state index in [4.69, 9.17) is 9.84 Å². The molecule has 1 N–H and O–H groups in total. The number of carboxylic acids is 1. The monoisotopic (exact) mass is 337 g/mol. The average Bonchev–Trinajstić information content (AvgIpc) is 2.16. The maximum Gasteiger partial charge on any atom is 0.329 e. The van der Waals surface area contributed by atoms with Crippen molar-refractivity contribution in [2.24, 2.45) is 0 Å². The van der Waals surface area contributed by atoms with Crippen LogP contribution in [0.5, 0.6) is 0 Å². The number of hydrogen-bond acceptors (Lipinski definition) is 4. The summed E-state index contributed by atoms with van der Waals surface area (Å²) in [6.07, 6.45) is 0. The Morgan fingerprint density at radius 3 is 2.75 bits per heavy atom. The van der Waals surface area contributed by atoms with Crippen LogP contribution in [-0.2, 0) is 16.1 Å². The van der Waals surface area contributed by atoms with Gasteiger partial charge in [0.15, 0.2) is 0 Å². The molecule has 0 aromatic heterocycles. The Kier molecular flexibility index (Phi) is 4.62. The van der Waals surface area contributed by atoms with E-state index in [1.54, 1.807) is 6.07 Å². The number of benzene rings is 1. The summed E-state index contributed by atoms with van der Waals surface area (Å²) in [5.74, 6) is -1.07. The normalized spacial score (nSPS) is 10.1. The number of nitro benzene ring substituents is 1. The number of rotatable bonds is 5. The van der Waals surface area contributed by atoms with Gasteiger partial charge in [0.2, 0.25) is 0 Å². The van der Waals surface area contributed by atoms with Crippen molar-refractivity contribution < 1.29 is 19.6 Å². The lowest BCUT2D eigenvalue weighted by molar-refractivity contribution is -0.385. The van der Waals surface area contributed by atoms with E-state index in [2.05, 4.69) is 0 Å². The highest BCUT2D eigenvalue weighted by atomic mass is 127. The van der Waals surface area contributed by atoms with Crippen molar-refractivity contribution >= 4 is 34.2 Å². The lowest BCUT2D eigenvalue weighted by Crippen LogP contribution is -2.06. The SMILES string of the molecule is O=C(O)COCc1cc(I)cc([N+](=O)[O-])c1. The summed E-state index contributed by atoms with van der Waals surface area (Å²) in [5.41, 5.74) is 0.556. The van der Waals surface area contributed by atoms with Gasteiger partial charge in [0.05, 0.1) is 11.5 Å². The van der Waals surface area contributed by atoms with Gasteiger partial charge in [-0.3, -0.25) is 10.1 Å². The van der Waals surface area contributed by atoms with E-state index >= 15 is 0 Å². The molecule has 0 aliphatic heterocycles. The molecule has 1 rings (SSSR count). The molecule has 0 spiro atoms. The first kappa shape index (κ1) is 12.8. The van der Waals surface area contributed by atoms with Crippen LogP contribution in [0.2, 0.25) is 0 Å². The molecule has 0 saturated carbocycles. The van der Waals surface area contributed by atoms with Crippen LogP contribution in [0.15, 0.2) is 18.2 Å². The molecular weight excluding hydrogens is 329 g/mol. The number of carbonyl (C=O) groups is 1. The topological polar surface area (TPSA) is 89.7 Å². The molecule has 0 fully saturated rings. The lowest BCUT2D eigenvalue weighted by Gasteiger charge is -2.02. The Balaban J connectivity index is 2.72. The summed E-state index contributed by atoms with van der Waals surface area (Å²) in [5, 5.41) is 18.9. The minimum absolute atomic E-state index is 0.0270. The highest BCUT2D eigenvalue weighted by Crippen LogP contribution is 2.19. The van der Waals surface area contributed by atoms with E-state index in [1.807, 2.05) is 22.6 Å². The number of carboxylic acid groups (broad SMARTS) is 1. The van der Waals surface area contributed by atoms with Crippen LogP contribution in [-0.4, -0.2) is 22.6 Å². The molecule has 16 heavy (non-hydrogen) atoms. The van der Waals surface area contributed by atoms with Crippen molar-refractivity contribution in [3.8, 4) is 0 Å². The molecular formula is C9H8INO5. The fourth-order valence-electron chi connectivity index (χ4n) is 1.08. The minimum atomic E-state index is -1.07. The van der Waals surface area contributed by atoms with Crippen molar-refractivity contribution in [1.82, 2.24) is 0 Å². The third-order valence-corrected chi connectivity index (χ3v) is 2.27.